The van der Waals surface area contributed by atoms with Crippen LogP contribution in [0, 0.1) is 0 Å². The highest BCUT2D eigenvalue weighted by Gasteiger charge is 2.31. The second-order valence-corrected chi connectivity index (χ2v) is 3.66. The summed E-state index contributed by atoms with van der Waals surface area (Å²) in [5.74, 6) is 0.613. The van der Waals surface area contributed by atoms with Crippen molar-refractivity contribution in [2.45, 2.75) is 25.8 Å². The maximum absolute atomic E-state index is 11.8. The summed E-state index contributed by atoms with van der Waals surface area (Å²) < 4.78 is 0. The van der Waals surface area contributed by atoms with E-state index in [9.17, 15) is 4.79 Å². The van der Waals surface area contributed by atoms with Crippen molar-refractivity contribution in [3.05, 3.63) is 24.4 Å². The zero-order valence-electron chi connectivity index (χ0n) is 8.81. The van der Waals surface area contributed by atoms with Gasteiger partial charge in [-0.25, -0.2) is 9.78 Å². The number of hydrogen-bond acceptors (Lipinski definition) is 2. The molecule has 1 aliphatic carbocycles. The van der Waals surface area contributed by atoms with Crippen LogP contribution >= 0.6 is 0 Å². The Morgan fingerprint density at radius 3 is 2.93 bits per heavy atom. The molecule has 4 nitrogen and oxygen atoms in total. The first-order valence-corrected chi connectivity index (χ1v) is 5.30. The average molecular weight is 205 g/mol. The van der Waals surface area contributed by atoms with Crippen molar-refractivity contribution in [2.75, 3.05) is 11.9 Å². The lowest BCUT2D eigenvalue weighted by Gasteiger charge is -2.20. The minimum absolute atomic E-state index is 0.0429. The first-order valence-electron chi connectivity index (χ1n) is 5.30. The molecule has 0 aliphatic heterocycles. The second-order valence-electron chi connectivity index (χ2n) is 3.66. The summed E-state index contributed by atoms with van der Waals surface area (Å²) >= 11 is 0. The van der Waals surface area contributed by atoms with E-state index in [1.807, 2.05) is 24.0 Å². The van der Waals surface area contributed by atoms with Gasteiger partial charge in [-0.05, 0) is 31.9 Å². The topological polar surface area (TPSA) is 45.2 Å². The molecular formula is C11H15N3O. The van der Waals surface area contributed by atoms with Crippen molar-refractivity contribution in [1.82, 2.24) is 9.88 Å². The number of nitrogens with one attached hydrogen (secondary N) is 1. The van der Waals surface area contributed by atoms with E-state index >= 15 is 0 Å². The van der Waals surface area contributed by atoms with Gasteiger partial charge in [0.05, 0.1) is 0 Å². The van der Waals surface area contributed by atoms with Crippen molar-refractivity contribution in [3.63, 3.8) is 0 Å². The van der Waals surface area contributed by atoms with E-state index in [1.54, 1.807) is 12.3 Å². The molecule has 1 saturated carbocycles. The molecule has 2 rings (SSSR count). The Morgan fingerprint density at radius 2 is 2.40 bits per heavy atom. The minimum atomic E-state index is -0.0429. The van der Waals surface area contributed by atoms with Crippen LogP contribution in [0.5, 0.6) is 0 Å². The normalized spacial score (nSPS) is 14.7. The van der Waals surface area contributed by atoms with E-state index in [0.717, 1.165) is 19.4 Å². The Hall–Kier alpha value is -1.58. The van der Waals surface area contributed by atoms with Crippen LogP contribution in [-0.2, 0) is 0 Å². The SMILES string of the molecule is CCN(C(=O)Nc1ccccn1)C1CC1. The van der Waals surface area contributed by atoms with Gasteiger partial charge in [-0.1, -0.05) is 6.07 Å². The van der Waals surface area contributed by atoms with Crippen molar-refractivity contribution in [1.29, 1.82) is 0 Å². The molecular weight excluding hydrogens is 190 g/mol. The highest BCUT2D eigenvalue weighted by atomic mass is 16.2. The summed E-state index contributed by atoms with van der Waals surface area (Å²) in [5.41, 5.74) is 0. The predicted octanol–water partition coefficient (Wildman–Crippen LogP) is 2.10. The maximum atomic E-state index is 11.8. The predicted molar refractivity (Wildman–Crippen MR) is 58.7 cm³/mol. The fourth-order valence-electron chi connectivity index (χ4n) is 1.57. The van der Waals surface area contributed by atoms with Crippen LogP contribution in [0.1, 0.15) is 19.8 Å². The van der Waals surface area contributed by atoms with Gasteiger partial charge in [0.15, 0.2) is 0 Å². The monoisotopic (exact) mass is 205 g/mol. The molecule has 15 heavy (non-hydrogen) atoms. The van der Waals surface area contributed by atoms with E-state index in [-0.39, 0.29) is 6.03 Å². The number of carbonyl (C=O) groups excluding carboxylic acids is 1. The molecule has 1 aliphatic rings. The van der Waals surface area contributed by atoms with Crippen LogP contribution in [0.15, 0.2) is 24.4 Å². The summed E-state index contributed by atoms with van der Waals surface area (Å²) in [4.78, 5) is 17.7. The van der Waals surface area contributed by atoms with E-state index in [1.165, 1.54) is 0 Å². The van der Waals surface area contributed by atoms with Gasteiger partial charge in [0, 0.05) is 18.8 Å². The number of rotatable bonds is 3. The third-order valence-electron chi connectivity index (χ3n) is 2.49. The third-order valence-corrected chi connectivity index (χ3v) is 2.49. The van der Waals surface area contributed by atoms with Crippen LogP contribution in [0.4, 0.5) is 10.6 Å². The Morgan fingerprint density at radius 1 is 1.60 bits per heavy atom. The Bertz CT molecular complexity index is 335. The van der Waals surface area contributed by atoms with Crippen molar-refractivity contribution in [2.24, 2.45) is 0 Å². The fourth-order valence-corrected chi connectivity index (χ4v) is 1.57. The number of carbonyl (C=O) groups is 1. The second kappa shape index (κ2) is 4.29. The van der Waals surface area contributed by atoms with Crippen molar-refractivity contribution < 1.29 is 4.79 Å². The number of pyridine rings is 1. The minimum Gasteiger partial charge on any atom is -0.322 e. The van der Waals surface area contributed by atoms with E-state index in [4.69, 9.17) is 0 Å². The maximum Gasteiger partial charge on any atom is 0.323 e. The molecule has 0 radical (unpaired) electrons. The van der Waals surface area contributed by atoms with Crippen LogP contribution in [-0.4, -0.2) is 28.5 Å². The molecule has 0 saturated heterocycles. The van der Waals surface area contributed by atoms with Crippen molar-refractivity contribution in [3.8, 4) is 0 Å². The zero-order chi connectivity index (χ0) is 10.7. The van der Waals surface area contributed by atoms with Crippen LogP contribution in [0.2, 0.25) is 0 Å². The molecule has 1 N–H and O–H groups in total. The molecule has 1 aromatic heterocycles. The van der Waals surface area contributed by atoms with Gasteiger partial charge in [0.25, 0.3) is 0 Å². The van der Waals surface area contributed by atoms with Gasteiger partial charge in [-0.3, -0.25) is 5.32 Å². The van der Waals surface area contributed by atoms with E-state index in [0.29, 0.717) is 11.9 Å². The molecule has 0 unspecified atom stereocenters. The zero-order valence-corrected chi connectivity index (χ0v) is 8.81. The van der Waals surface area contributed by atoms with Crippen LogP contribution in [0.25, 0.3) is 0 Å². The summed E-state index contributed by atoms with van der Waals surface area (Å²) in [6, 6.07) is 5.88. The van der Waals surface area contributed by atoms with E-state index in [2.05, 4.69) is 10.3 Å². The molecule has 0 atom stereocenters. The van der Waals surface area contributed by atoms with Gasteiger partial charge in [-0.15, -0.1) is 0 Å². The first kappa shape index (κ1) is 9.96. The highest BCUT2D eigenvalue weighted by molar-refractivity contribution is 5.88. The smallest absolute Gasteiger partial charge is 0.322 e. The molecule has 1 heterocycles. The number of aromatic nitrogens is 1. The Labute approximate surface area is 89.3 Å². The number of hydrogen-bond donors (Lipinski definition) is 1. The molecule has 4 heteroatoms. The van der Waals surface area contributed by atoms with Gasteiger partial charge >= 0.3 is 6.03 Å². The third kappa shape index (κ3) is 2.46. The molecule has 2 amide bonds. The number of anilines is 1. The fraction of sp³-hybridized carbons (Fsp3) is 0.455. The van der Waals surface area contributed by atoms with Crippen LogP contribution < -0.4 is 5.32 Å². The van der Waals surface area contributed by atoms with Gasteiger partial charge in [0.2, 0.25) is 0 Å². The quantitative estimate of drug-likeness (QED) is 0.821. The van der Waals surface area contributed by atoms with Gasteiger partial charge < -0.3 is 4.90 Å². The molecule has 0 bridgehead atoms. The number of urea groups is 1. The van der Waals surface area contributed by atoms with Gasteiger partial charge in [-0.2, -0.15) is 0 Å². The first-order chi connectivity index (χ1) is 7.31. The summed E-state index contributed by atoms with van der Waals surface area (Å²) in [7, 11) is 0. The lowest BCUT2D eigenvalue weighted by Crippen LogP contribution is -2.36. The number of nitrogens with zero attached hydrogens (tertiary/aromatic N) is 2. The lowest BCUT2D eigenvalue weighted by molar-refractivity contribution is 0.212. The summed E-state index contributed by atoms with van der Waals surface area (Å²) in [6.45, 7) is 2.75. The number of amides is 2. The molecule has 1 aromatic rings. The van der Waals surface area contributed by atoms with E-state index < -0.39 is 0 Å². The molecule has 1 fully saturated rings. The van der Waals surface area contributed by atoms with Gasteiger partial charge in [0.1, 0.15) is 5.82 Å². The Kier molecular flexibility index (Phi) is 2.85. The molecule has 0 aromatic carbocycles. The van der Waals surface area contributed by atoms with Crippen molar-refractivity contribution >= 4 is 11.8 Å². The standard InChI is InChI=1S/C11H15N3O/c1-2-14(9-6-7-9)11(15)13-10-5-3-4-8-12-10/h3-5,8-9H,2,6-7H2,1H3,(H,12,13,15). The lowest BCUT2D eigenvalue weighted by atomic mass is 10.4. The summed E-state index contributed by atoms with van der Waals surface area (Å²) in [5, 5.41) is 2.79. The molecule has 0 spiro atoms. The molecule has 80 valence electrons. The summed E-state index contributed by atoms with van der Waals surface area (Å²) in [6.07, 6.45) is 3.93. The van der Waals surface area contributed by atoms with Crippen LogP contribution in [0.3, 0.4) is 0 Å². The Balaban J connectivity index is 1.96. The average Bonchev–Trinajstić information content (AvgIpc) is 3.04. The highest BCUT2D eigenvalue weighted by Crippen LogP contribution is 2.26. The largest absolute Gasteiger partial charge is 0.323 e.